The molecule has 0 bridgehead atoms. The van der Waals surface area contributed by atoms with Crippen LogP contribution in [-0.4, -0.2) is 10.1 Å². The Hall–Kier alpha value is -1.84. The van der Waals surface area contributed by atoms with Crippen molar-refractivity contribution in [2.24, 2.45) is 0 Å². The summed E-state index contributed by atoms with van der Waals surface area (Å²) in [4.78, 5) is 4.35. The number of nitrogen functional groups attached to an aromatic ring is 1. The summed E-state index contributed by atoms with van der Waals surface area (Å²) in [7, 11) is 0. The molecule has 0 radical (unpaired) electrons. The normalized spacial score (nSPS) is 15.5. The summed E-state index contributed by atoms with van der Waals surface area (Å²) in [6.07, 6.45) is 2.34. The molecule has 0 aliphatic heterocycles. The second-order valence-corrected chi connectivity index (χ2v) is 3.85. The summed E-state index contributed by atoms with van der Waals surface area (Å²) in [6, 6.07) is 7.47. The van der Waals surface area contributed by atoms with E-state index in [2.05, 4.69) is 10.1 Å². The second-order valence-electron chi connectivity index (χ2n) is 3.85. The summed E-state index contributed by atoms with van der Waals surface area (Å²) in [5.74, 6) is 1.92. The van der Waals surface area contributed by atoms with Crippen LogP contribution in [0.3, 0.4) is 0 Å². The number of anilines is 1. The van der Waals surface area contributed by atoms with Crippen molar-refractivity contribution in [2.45, 2.75) is 18.8 Å². The van der Waals surface area contributed by atoms with Crippen molar-refractivity contribution >= 4 is 5.69 Å². The van der Waals surface area contributed by atoms with Crippen LogP contribution in [0.5, 0.6) is 0 Å². The molecule has 2 aromatic rings. The summed E-state index contributed by atoms with van der Waals surface area (Å²) in [5, 5.41) is 3.95. The number of nitrogens with two attached hydrogens (primary N) is 1. The maximum atomic E-state index is 5.60. The van der Waals surface area contributed by atoms with Crippen molar-refractivity contribution in [3.63, 3.8) is 0 Å². The van der Waals surface area contributed by atoms with Crippen LogP contribution >= 0.6 is 0 Å². The molecule has 1 saturated carbocycles. The van der Waals surface area contributed by atoms with Gasteiger partial charge in [0.2, 0.25) is 11.7 Å². The average molecular weight is 201 g/mol. The number of hydrogen-bond donors (Lipinski definition) is 1. The lowest BCUT2D eigenvalue weighted by atomic mass is 10.2. The van der Waals surface area contributed by atoms with Crippen molar-refractivity contribution in [3.05, 3.63) is 30.2 Å². The van der Waals surface area contributed by atoms with Gasteiger partial charge in [-0.15, -0.1) is 0 Å². The predicted molar refractivity (Wildman–Crippen MR) is 56.1 cm³/mol. The Morgan fingerprint density at radius 1 is 1.20 bits per heavy atom. The van der Waals surface area contributed by atoms with Gasteiger partial charge in [-0.2, -0.15) is 4.98 Å². The highest BCUT2D eigenvalue weighted by Crippen LogP contribution is 2.39. The van der Waals surface area contributed by atoms with Gasteiger partial charge in [-0.1, -0.05) is 5.16 Å². The Kier molecular flexibility index (Phi) is 1.74. The fraction of sp³-hybridized carbons (Fsp3) is 0.273. The number of rotatable bonds is 2. The van der Waals surface area contributed by atoms with Gasteiger partial charge in [0.05, 0.1) is 0 Å². The number of benzene rings is 1. The third kappa shape index (κ3) is 1.58. The number of aromatic nitrogens is 2. The first-order chi connectivity index (χ1) is 7.33. The third-order valence-electron chi connectivity index (χ3n) is 2.54. The molecule has 3 rings (SSSR count). The molecule has 76 valence electrons. The standard InChI is InChI=1S/C11H11N3O/c12-9-5-3-7(4-6-9)10-13-11(15-14-10)8-1-2-8/h3-6,8H,1-2,12H2. The van der Waals surface area contributed by atoms with Gasteiger partial charge in [0.25, 0.3) is 0 Å². The Labute approximate surface area is 87.1 Å². The van der Waals surface area contributed by atoms with Crippen molar-refractivity contribution in [1.29, 1.82) is 0 Å². The van der Waals surface area contributed by atoms with Crippen molar-refractivity contribution in [2.75, 3.05) is 5.73 Å². The quantitative estimate of drug-likeness (QED) is 0.756. The van der Waals surface area contributed by atoms with Crippen LogP contribution in [0.2, 0.25) is 0 Å². The SMILES string of the molecule is Nc1ccc(-c2noc(C3CC3)n2)cc1. The number of nitrogens with zero attached hydrogens (tertiary/aromatic N) is 2. The maximum absolute atomic E-state index is 5.60. The Morgan fingerprint density at radius 2 is 1.93 bits per heavy atom. The van der Waals surface area contributed by atoms with E-state index in [9.17, 15) is 0 Å². The molecule has 0 amide bonds. The molecule has 0 atom stereocenters. The van der Waals surface area contributed by atoms with Gasteiger partial charge >= 0.3 is 0 Å². The fourth-order valence-corrected chi connectivity index (χ4v) is 1.48. The van der Waals surface area contributed by atoms with E-state index in [-0.39, 0.29) is 0 Å². The van der Waals surface area contributed by atoms with Crippen LogP contribution in [0.25, 0.3) is 11.4 Å². The molecule has 0 spiro atoms. The highest BCUT2D eigenvalue weighted by molar-refractivity contribution is 5.58. The van der Waals surface area contributed by atoms with Gasteiger partial charge in [-0.3, -0.25) is 0 Å². The van der Waals surface area contributed by atoms with Gasteiger partial charge in [0, 0.05) is 17.2 Å². The van der Waals surface area contributed by atoms with E-state index in [1.54, 1.807) is 0 Å². The number of hydrogen-bond acceptors (Lipinski definition) is 4. The lowest BCUT2D eigenvalue weighted by molar-refractivity contribution is 0.380. The topological polar surface area (TPSA) is 64.9 Å². The molecule has 1 aromatic carbocycles. The van der Waals surface area contributed by atoms with Gasteiger partial charge in [0.1, 0.15) is 0 Å². The molecule has 1 fully saturated rings. The lowest BCUT2D eigenvalue weighted by Crippen LogP contribution is -1.85. The van der Waals surface area contributed by atoms with E-state index in [0.29, 0.717) is 11.7 Å². The lowest BCUT2D eigenvalue weighted by Gasteiger charge is -1.94. The molecule has 1 aliphatic rings. The van der Waals surface area contributed by atoms with Crippen LogP contribution in [0.15, 0.2) is 28.8 Å². The van der Waals surface area contributed by atoms with E-state index in [1.165, 1.54) is 12.8 Å². The molecule has 0 unspecified atom stereocenters. The Balaban J connectivity index is 1.93. The largest absolute Gasteiger partial charge is 0.399 e. The van der Waals surface area contributed by atoms with Crippen molar-refractivity contribution in [3.8, 4) is 11.4 Å². The maximum Gasteiger partial charge on any atom is 0.230 e. The molecule has 1 aromatic heterocycles. The van der Waals surface area contributed by atoms with Gasteiger partial charge in [0.15, 0.2) is 0 Å². The molecular weight excluding hydrogens is 190 g/mol. The van der Waals surface area contributed by atoms with Crippen molar-refractivity contribution < 1.29 is 4.52 Å². The summed E-state index contributed by atoms with van der Waals surface area (Å²) in [5.41, 5.74) is 7.29. The van der Waals surface area contributed by atoms with Gasteiger partial charge in [-0.05, 0) is 37.1 Å². The first-order valence-electron chi connectivity index (χ1n) is 5.02. The monoisotopic (exact) mass is 201 g/mol. The summed E-state index contributed by atoms with van der Waals surface area (Å²) in [6.45, 7) is 0. The minimum absolute atomic E-state index is 0.500. The van der Waals surface area contributed by atoms with Crippen LogP contribution in [-0.2, 0) is 0 Å². The second kappa shape index (κ2) is 3.08. The zero-order valence-electron chi connectivity index (χ0n) is 8.18. The highest BCUT2D eigenvalue weighted by atomic mass is 16.5. The van der Waals surface area contributed by atoms with E-state index < -0.39 is 0 Å². The third-order valence-corrected chi connectivity index (χ3v) is 2.54. The Bertz CT molecular complexity index is 471. The van der Waals surface area contributed by atoms with Crippen LogP contribution in [0, 0.1) is 0 Å². The molecule has 1 aliphatic carbocycles. The average Bonchev–Trinajstić information content (AvgIpc) is 2.99. The smallest absolute Gasteiger partial charge is 0.230 e. The molecular formula is C11H11N3O. The van der Waals surface area contributed by atoms with E-state index >= 15 is 0 Å². The van der Waals surface area contributed by atoms with Crippen LogP contribution in [0.1, 0.15) is 24.7 Å². The predicted octanol–water partition coefficient (Wildman–Crippen LogP) is 2.20. The van der Waals surface area contributed by atoms with Gasteiger partial charge < -0.3 is 10.3 Å². The molecule has 2 N–H and O–H groups in total. The Morgan fingerprint density at radius 3 is 2.60 bits per heavy atom. The highest BCUT2D eigenvalue weighted by Gasteiger charge is 2.29. The zero-order valence-corrected chi connectivity index (χ0v) is 8.18. The first kappa shape index (κ1) is 8.47. The van der Waals surface area contributed by atoms with Crippen LogP contribution < -0.4 is 5.73 Å². The summed E-state index contributed by atoms with van der Waals surface area (Å²) >= 11 is 0. The van der Waals surface area contributed by atoms with E-state index in [0.717, 1.165) is 17.1 Å². The molecule has 4 nitrogen and oxygen atoms in total. The molecule has 0 saturated heterocycles. The molecule has 4 heteroatoms. The minimum atomic E-state index is 0.500. The van der Waals surface area contributed by atoms with Crippen LogP contribution in [0.4, 0.5) is 5.69 Å². The van der Waals surface area contributed by atoms with E-state index in [1.807, 2.05) is 24.3 Å². The minimum Gasteiger partial charge on any atom is -0.399 e. The zero-order chi connectivity index (χ0) is 10.3. The molecule has 15 heavy (non-hydrogen) atoms. The van der Waals surface area contributed by atoms with E-state index in [4.69, 9.17) is 10.3 Å². The van der Waals surface area contributed by atoms with Crippen molar-refractivity contribution in [1.82, 2.24) is 10.1 Å². The first-order valence-corrected chi connectivity index (χ1v) is 5.02. The summed E-state index contributed by atoms with van der Waals surface area (Å²) < 4.78 is 5.18. The fourth-order valence-electron chi connectivity index (χ4n) is 1.48. The van der Waals surface area contributed by atoms with Gasteiger partial charge in [-0.25, -0.2) is 0 Å². The molecule has 1 heterocycles.